The number of benzene rings is 1. The summed E-state index contributed by atoms with van der Waals surface area (Å²) in [6.45, 7) is 0. The lowest BCUT2D eigenvalue weighted by Crippen LogP contribution is -1.80. The van der Waals surface area contributed by atoms with Crippen molar-refractivity contribution >= 4 is 0 Å². The maximum atomic E-state index is 11.5. The second-order valence-electron chi connectivity index (χ2n) is 1.69. The largest absolute Gasteiger partial charge is 0.293 e. The third-order valence-corrected chi connectivity index (χ3v) is 1.09. The molecular weight excluding hydrogens is 133 g/mol. The molecule has 0 saturated heterocycles. The Bertz CT molecular complexity index is 267. The van der Waals surface area contributed by atoms with Gasteiger partial charge in [-0.3, -0.25) is 4.94 Å². The van der Waals surface area contributed by atoms with Crippen LogP contribution in [0.4, 0.5) is 4.53 Å². The molecule has 0 aliphatic carbocycles. The van der Waals surface area contributed by atoms with E-state index in [9.17, 15) is 4.53 Å². The van der Waals surface area contributed by atoms with Crippen LogP contribution in [-0.2, 0) is 0 Å². The predicted molar refractivity (Wildman–Crippen MR) is 32.9 cm³/mol. The first kappa shape index (κ1) is 6.56. The van der Waals surface area contributed by atoms with Gasteiger partial charge < -0.3 is 0 Å². The summed E-state index contributed by atoms with van der Waals surface area (Å²) in [4.78, 5) is 3.41. The highest BCUT2D eigenvalue weighted by atomic mass is 19.3. The van der Waals surface area contributed by atoms with Crippen LogP contribution in [0.2, 0.25) is 0 Å². The summed E-state index contributed by atoms with van der Waals surface area (Å²) in [5, 5.41) is 8.35. The van der Waals surface area contributed by atoms with Crippen molar-refractivity contribution in [2.45, 2.75) is 0 Å². The van der Waals surface area contributed by atoms with Crippen LogP contribution in [0.5, 0.6) is 5.75 Å². The van der Waals surface area contributed by atoms with Crippen LogP contribution in [0.15, 0.2) is 24.3 Å². The van der Waals surface area contributed by atoms with Crippen molar-refractivity contribution in [1.82, 2.24) is 0 Å². The van der Waals surface area contributed by atoms with E-state index in [1.807, 2.05) is 0 Å². The van der Waals surface area contributed by atoms with Gasteiger partial charge in [0.05, 0.1) is 5.56 Å². The number of halogens is 1. The van der Waals surface area contributed by atoms with Crippen molar-refractivity contribution in [3.05, 3.63) is 29.8 Å². The Balaban J connectivity index is 3.12. The Kier molecular flexibility index (Phi) is 1.86. The lowest BCUT2D eigenvalue weighted by molar-refractivity contribution is -0.00654. The zero-order valence-corrected chi connectivity index (χ0v) is 5.04. The molecule has 1 rings (SSSR count). The molecule has 0 aliphatic rings. The number of rotatable bonds is 1. The molecule has 0 aromatic heterocycles. The van der Waals surface area contributed by atoms with Crippen molar-refractivity contribution in [3.8, 4) is 11.8 Å². The van der Waals surface area contributed by atoms with Crippen molar-refractivity contribution in [3.63, 3.8) is 0 Å². The molecular formula is C7H4FNO. The van der Waals surface area contributed by atoms with E-state index >= 15 is 0 Å². The molecule has 0 bridgehead atoms. The summed E-state index contributed by atoms with van der Waals surface area (Å²) in [5.74, 6) is -0.0370. The number of nitrogens with zero attached hydrogens (tertiary/aromatic N) is 1. The molecule has 3 heteroatoms. The molecule has 0 atom stereocenters. The monoisotopic (exact) mass is 137 g/mol. The fourth-order valence-electron chi connectivity index (χ4n) is 0.626. The summed E-state index contributed by atoms with van der Waals surface area (Å²) >= 11 is 0. The predicted octanol–water partition coefficient (Wildman–Crippen LogP) is 1.82. The molecule has 0 aliphatic heterocycles. The Morgan fingerprint density at radius 2 is 2.10 bits per heavy atom. The highest BCUT2D eigenvalue weighted by Gasteiger charge is 1.99. The molecule has 50 valence electrons. The van der Waals surface area contributed by atoms with Crippen LogP contribution >= 0.6 is 0 Å². The van der Waals surface area contributed by atoms with E-state index in [2.05, 4.69) is 4.94 Å². The summed E-state index contributed by atoms with van der Waals surface area (Å²) in [5.41, 5.74) is 0.199. The van der Waals surface area contributed by atoms with Gasteiger partial charge in [0.25, 0.3) is 0 Å². The zero-order valence-electron chi connectivity index (χ0n) is 5.04. The molecule has 0 amide bonds. The molecule has 0 N–H and O–H groups in total. The highest BCUT2D eigenvalue weighted by Crippen LogP contribution is 2.15. The van der Waals surface area contributed by atoms with Crippen LogP contribution in [0.25, 0.3) is 0 Å². The van der Waals surface area contributed by atoms with Crippen LogP contribution in [0, 0.1) is 11.3 Å². The quantitative estimate of drug-likeness (QED) is 0.591. The molecule has 10 heavy (non-hydrogen) atoms. The Labute approximate surface area is 57.4 Å². The third-order valence-electron chi connectivity index (χ3n) is 1.09. The van der Waals surface area contributed by atoms with Gasteiger partial charge in [0.1, 0.15) is 6.07 Å². The maximum Gasteiger partial charge on any atom is 0.189 e. The highest BCUT2D eigenvalue weighted by molar-refractivity contribution is 5.41. The molecule has 1 aromatic carbocycles. The van der Waals surface area contributed by atoms with E-state index in [0.29, 0.717) is 0 Å². The number of hydrogen-bond acceptors (Lipinski definition) is 2. The van der Waals surface area contributed by atoms with Crippen LogP contribution in [-0.4, -0.2) is 0 Å². The van der Waals surface area contributed by atoms with Crippen LogP contribution < -0.4 is 4.94 Å². The van der Waals surface area contributed by atoms with Crippen molar-refractivity contribution < 1.29 is 9.47 Å². The van der Waals surface area contributed by atoms with Crippen molar-refractivity contribution in [2.75, 3.05) is 0 Å². The van der Waals surface area contributed by atoms with Gasteiger partial charge >= 0.3 is 0 Å². The van der Waals surface area contributed by atoms with Crippen molar-refractivity contribution in [1.29, 1.82) is 5.26 Å². The van der Waals surface area contributed by atoms with Gasteiger partial charge in [-0.25, -0.2) is 0 Å². The van der Waals surface area contributed by atoms with Gasteiger partial charge in [-0.1, -0.05) is 12.1 Å². The van der Waals surface area contributed by atoms with E-state index in [-0.39, 0.29) is 11.3 Å². The topological polar surface area (TPSA) is 33.0 Å². The summed E-state index contributed by atoms with van der Waals surface area (Å²) in [7, 11) is 0. The van der Waals surface area contributed by atoms with E-state index in [0.717, 1.165) is 0 Å². The zero-order chi connectivity index (χ0) is 7.40. The number of hydrogen-bond donors (Lipinski definition) is 0. The minimum Gasteiger partial charge on any atom is -0.293 e. The lowest BCUT2D eigenvalue weighted by atomic mass is 10.2. The molecule has 0 spiro atoms. The molecule has 1 aromatic rings. The summed E-state index contributed by atoms with van der Waals surface area (Å²) < 4.78 is 11.5. The minimum atomic E-state index is -0.0370. The standard InChI is InChI=1S/C7H4FNO/c8-10-7-4-2-1-3-6(7)5-9/h1-4H. The van der Waals surface area contributed by atoms with E-state index in [1.165, 1.54) is 12.1 Å². The maximum absolute atomic E-state index is 11.5. The molecule has 0 saturated carbocycles. The SMILES string of the molecule is N#Cc1ccccc1OF. The van der Waals surface area contributed by atoms with Gasteiger partial charge in [-0.05, 0) is 12.1 Å². The molecule has 0 radical (unpaired) electrons. The fourth-order valence-corrected chi connectivity index (χ4v) is 0.626. The van der Waals surface area contributed by atoms with Gasteiger partial charge in [-0.2, -0.15) is 5.26 Å². The van der Waals surface area contributed by atoms with E-state index < -0.39 is 0 Å². The van der Waals surface area contributed by atoms with Crippen LogP contribution in [0.3, 0.4) is 0 Å². The average molecular weight is 137 g/mol. The summed E-state index contributed by atoms with van der Waals surface area (Å²) in [6.07, 6.45) is 0. The first-order chi connectivity index (χ1) is 4.88. The van der Waals surface area contributed by atoms with Gasteiger partial charge in [0, 0.05) is 4.53 Å². The first-order valence-electron chi connectivity index (χ1n) is 2.66. The Morgan fingerprint density at radius 1 is 1.40 bits per heavy atom. The second-order valence-corrected chi connectivity index (χ2v) is 1.69. The molecule has 2 nitrogen and oxygen atoms in total. The number of nitriles is 1. The first-order valence-corrected chi connectivity index (χ1v) is 2.66. The van der Waals surface area contributed by atoms with Gasteiger partial charge in [0.15, 0.2) is 5.75 Å². The third kappa shape index (κ3) is 1.06. The second kappa shape index (κ2) is 2.83. The van der Waals surface area contributed by atoms with E-state index in [1.54, 1.807) is 18.2 Å². The van der Waals surface area contributed by atoms with Crippen molar-refractivity contribution in [2.24, 2.45) is 0 Å². The van der Waals surface area contributed by atoms with E-state index in [4.69, 9.17) is 5.26 Å². The van der Waals surface area contributed by atoms with Gasteiger partial charge in [-0.15, -0.1) is 0 Å². The molecule has 0 fully saturated rings. The fraction of sp³-hybridized carbons (Fsp3) is 0. The Hall–Kier alpha value is -1.56. The Morgan fingerprint density at radius 3 is 2.60 bits per heavy atom. The average Bonchev–Trinajstić information content (AvgIpc) is 2.04. The molecule has 0 unspecified atom stereocenters. The molecule has 0 heterocycles. The smallest absolute Gasteiger partial charge is 0.189 e. The minimum absolute atomic E-state index is 0.0370. The lowest BCUT2D eigenvalue weighted by Gasteiger charge is -1.93. The van der Waals surface area contributed by atoms with Gasteiger partial charge in [0.2, 0.25) is 0 Å². The summed E-state index contributed by atoms with van der Waals surface area (Å²) in [6, 6.07) is 7.88. The normalized spacial score (nSPS) is 8.40. The van der Waals surface area contributed by atoms with Crippen LogP contribution in [0.1, 0.15) is 5.56 Å². The number of para-hydroxylation sites is 1.